The van der Waals surface area contributed by atoms with Crippen molar-refractivity contribution < 1.29 is 8.42 Å². The first kappa shape index (κ1) is 40.5. The Labute approximate surface area is 355 Å². The molecule has 0 aliphatic heterocycles. The van der Waals surface area contributed by atoms with Crippen LogP contribution in [0.3, 0.4) is 0 Å². The average molecular weight is 830 g/mol. The molecule has 0 aliphatic carbocycles. The highest BCUT2D eigenvalue weighted by Crippen LogP contribution is 2.29. The van der Waals surface area contributed by atoms with Crippen molar-refractivity contribution in [1.29, 1.82) is 0 Å². The lowest BCUT2D eigenvalue weighted by Crippen LogP contribution is -2.09. The SMILES string of the molecule is CC(C)c1ccc(Nc2ccn3ncc(-c4cccc(NS(C)(=O)=O)c4)c3n2)cc1.CC(C)c1ccc(Nc2ccn3ncc(-c4cnn(Cc5ccccc5)c4)c3n2)cc1. The number of hydrogen-bond donors (Lipinski definition) is 3. The molecule has 0 unspecified atom stereocenters. The van der Waals surface area contributed by atoms with Crippen molar-refractivity contribution in [3.05, 3.63) is 169 Å². The quantitative estimate of drug-likeness (QED) is 0.109. The number of rotatable bonds is 12. The zero-order valence-electron chi connectivity index (χ0n) is 34.6. The summed E-state index contributed by atoms with van der Waals surface area (Å²) in [6.07, 6.45) is 12.4. The van der Waals surface area contributed by atoms with Crippen LogP contribution in [0.25, 0.3) is 33.5 Å². The zero-order valence-corrected chi connectivity index (χ0v) is 35.4. The summed E-state index contributed by atoms with van der Waals surface area (Å²) >= 11 is 0. The van der Waals surface area contributed by atoms with E-state index in [9.17, 15) is 8.42 Å². The lowest BCUT2D eigenvalue weighted by Gasteiger charge is -2.09. The van der Waals surface area contributed by atoms with E-state index in [1.165, 1.54) is 16.7 Å². The molecular formula is C47H47N11O2S. The molecule has 9 rings (SSSR count). The third-order valence-electron chi connectivity index (χ3n) is 10.0. The third kappa shape index (κ3) is 9.94. The second-order valence-corrected chi connectivity index (χ2v) is 17.2. The van der Waals surface area contributed by atoms with E-state index in [2.05, 4.69) is 107 Å². The Morgan fingerprint density at radius 3 is 1.64 bits per heavy atom. The van der Waals surface area contributed by atoms with Gasteiger partial charge >= 0.3 is 0 Å². The van der Waals surface area contributed by atoms with Crippen LogP contribution >= 0.6 is 0 Å². The van der Waals surface area contributed by atoms with E-state index in [0.29, 0.717) is 29.0 Å². The van der Waals surface area contributed by atoms with E-state index < -0.39 is 10.0 Å². The molecule has 0 saturated carbocycles. The van der Waals surface area contributed by atoms with Crippen molar-refractivity contribution >= 4 is 50.0 Å². The molecule has 0 amide bonds. The molecule has 0 bridgehead atoms. The number of fused-ring (bicyclic) bond motifs is 2. The first-order chi connectivity index (χ1) is 29.4. The summed E-state index contributed by atoms with van der Waals surface area (Å²) < 4.78 is 31.0. The van der Waals surface area contributed by atoms with E-state index in [1.807, 2.05) is 84.2 Å². The van der Waals surface area contributed by atoms with E-state index in [1.54, 1.807) is 33.4 Å². The molecule has 0 spiro atoms. The van der Waals surface area contributed by atoms with Crippen LogP contribution in [0.2, 0.25) is 0 Å². The van der Waals surface area contributed by atoms with Gasteiger partial charge < -0.3 is 10.6 Å². The van der Waals surface area contributed by atoms with Crippen LogP contribution in [0.4, 0.5) is 28.7 Å². The van der Waals surface area contributed by atoms with E-state index >= 15 is 0 Å². The highest BCUT2D eigenvalue weighted by Gasteiger charge is 2.13. The number of sulfonamides is 1. The maximum absolute atomic E-state index is 11.5. The topological polar surface area (TPSA) is 148 Å². The molecule has 4 aromatic carbocycles. The van der Waals surface area contributed by atoms with Gasteiger partial charge in [0.1, 0.15) is 11.6 Å². The molecule has 0 fully saturated rings. The molecule has 5 aromatic heterocycles. The fourth-order valence-electron chi connectivity index (χ4n) is 6.81. The molecule has 13 nitrogen and oxygen atoms in total. The summed E-state index contributed by atoms with van der Waals surface area (Å²) in [6.45, 7) is 9.45. The minimum absolute atomic E-state index is 0.482. The molecule has 5 heterocycles. The normalized spacial score (nSPS) is 11.5. The summed E-state index contributed by atoms with van der Waals surface area (Å²) in [5.74, 6) is 2.48. The van der Waals surface area contributed by atoms with Gasteiger partial charge in [-0.2, -0.15) is 15.3 Å². The molecule has 61 heavy (non-hydrogen) atoms. The Kier molecular flexibility index (Phi) is 11.6. The number of anilines is 5. The largest absolute Gasteiger partial charge is 0.340 e. The van der Waals surface area contributed by atoms with Gasteiger partial charge in [0.15, 0.2) is 11.3 Å². The summed E-state index contributed by atoms with van der Waals surface area (Å²) in [4.78, 5) is 9.53. The molecule has 14 heteroatoms. The van der Waals surface area contributed by atoms with Crippen molar-refractivity contribution in [2.24, 2.45) is 0 Å². The number of benzene rings is 4. The Balaban J connectivity index is 0.000000169. The summed E-state index contributed by atoms with van der Waals surface area (Å²) in [5.41, 5.74) is 11.3. The van der Waals surface area contributed by atoms with Gasteiger partial charge in [-0.25, -0.2) is 27.4 Å². The molecule has 0 aliphatic rings. The Morgan fingerprint density at radius 2 is 1.11 bits per heavy atom. The molecular weight excluding hydrogens is 783 g/mol. The van der Waals surface area contributed by atoms with Gasteiger partial charge in [-0.1, -0.05) is 94.4 Å². The maximum atomic E-state index is 11.5. The van der Waals surface area contributed by atoms with Crippen LogP contribution < -0.4 is 15.4 Å². The second kappa shape index (κ2) is 17.5. The van der Waals surface area contributed by atoms with Crippen LogP contribution in [0, 0.1) is 0 Å². The maximum Gasteiger partial charge on any atom is 0.229 e. The van der Waals surface area contributed by atoms with E-state index in [0.717, 1.165) is 57.9 Å². The van der Waals surface area contributed by atoms with Gasteiger partial charge in [0.2, 0.25) is 10.0 Å². The van der Waals surface area contributed by atoms with Crippen molar-refractivity contribution in [3.8, 4) is 22.3 Å². The van der Waals surface area contributed by atoms with E-state index in [-0.39, 0.29) is 0 Å². The molecule has 0 atom stereocenters. The predicted molar refractivity (Wildman–Crippen MR) is 244 cm³/mol. The lowest BCUT2D eigenvalue weighted by molar-refractivity contribution is 0.607. The molecule has 0 saturated heterocycles. The van der Waals surface area contributed by atoms with Crippen LogP contribution in [-0.2, 0) is 16.6 Å². The average Bonchev–Trinajstić information content (AvgIpc) is 4.00. The minimum atomic E-state index is -3.35. The van der Waals surface area contributed by atoms with Gasteiger partial charge in [-0.05, 0) is 82.6 Å². The van der Waals surface area contributed by atoms with Crippen LogP contribution in [0.1, 0.15) is 56.2 Å². The summed E-state index contributed by atoms with van der Waals surface area (Å²) in [6, 6.07) is 38.0. The van der Waals surface area contributed by atoms with Gasteiger partial charge in [0, 0.05) is 52.3 Å². The Bertz CT molecular complexity index is 3010. The third-order valence-corrected chi connectivity index (χ3v) is 10.7. The monoisotopic (exact) mass is 829 g/mol. The summed E-state index contributed by atoms with van der Waals surface area (Å²) in [7, 11) is -3.35. The van der Waals surface area contributed by atoms with Crippen molar-refractivity contribution in [1.82, 2.24) is 39.0 Å². The van der Waals surface area contributed by atoms with E-state index in [4.69, 9.17) is 9.97 Å². The standard InChI is InChI=1S/C25H24N6.C22H23N5O2S/c1-18(2)20-8-10-22(11-9-20)28-24-12-13-31-25(29-24)23(15-27-31)21-14-26-30(17-21)16-19-6-4-3-5-7-19;1-15(2)16-7-9-18(10-8-16)24-21-11-12-27-22(25-21)20(14-23-27)17-5-4-6-19(13-17)26-30(3,28)29/h3-15,17-18H,16H2,1-2H3,(H,28,29);4-15,26H,1-3H3,(H,24,25). The molecule has 9 aromatic rings. The second-order valence-electron chi connectivity index (χ2n) is 15.4. The molecule has 0 radical (unpaired) electrons. The van der Waals surface area contributed by atoms with Gasteiger partial charge in [-0.15, -0.1) is 0 Å². The highest BCUT2D eigenvalue weighted by atomic mass is 32.2. The molecule has 3 N–H and O–H groups in total. The smallest absolute Gasteiger partial charge is 0.229 e. The van der Waals surface area contributed by atoms with Crippen LogP contribution in [0.15, 0.2) is 152 Å². The van der Waals surface area contributed by atoms with Crippen LogP contribution in [-0.4, -0.2) is 53.7 Å². The Morgan fingerprint density at radius 1 is 0.574 bits per heavy atom. The number of hydrogen-bond acceptors (Lipinski definition) is 9. The van der Waals surface area contributed by atoms with Gasteiger partial charge in [0.25, 0.3) is 0 Å². The lowest BCUT2D eigenvalue weighted by atomic mass is 10.0. The first-order valence-corrected chi connectivity index (χ1v) is 21.9. The highest BCUT2D eigenvalue weighted by molar-refractivity contribution is 7.92. The van der Waals surface area contributed by atoms with Gasteiger partial charge in [-0.3, -0.25) is 9.40 Å². The van der Waals surface area contributed by atoms with Crippen molar-refractivity contribution in [3.63, 3.8) is 0 Å². The fourth-order valence-corrected chi connectivity index (χ4v) is 7.36. The fraction of sp³-hybridized carbons (Fsp3) is 0.170. The van der Waals surface area contributed by atoms with Crippen LogP contribution in [0.5, 0.6) is 0 Å². The number of aromatic nitrogens is 8. The van der Waals surface area contributed by atoms with Crippen molar-refractivity contribution in [2.45, 2.75) is 46.1 Å². The predicted octanol–water partition coefficient (Wildman–Crippen LogP) is 10.1. The Hall–Kier alpha value is -7.32. The number of nitrogens with zero attached hydrogens (tertiary/aromatic N) is 8. The summed E-state index contributed by atoms with van der Waals surface area (Å²) in [5, 5.41) is 20.1. The first-order valence-electron chi connectivity index (χ1n) is 20.0. The molecule has 308 valence electrons. The minimum Gasteiger partial charge on any atom is -0.340 e. The number of nitrogens with one attached hydrogen (secondary N) is 3. The zero-order chi connectivity index (χ0) is 42.5. The van der Waals surface area contributed by atoms with Gasteiger partial charge in [0.05, 0.1) is 31.4 Å². The van der Waals surface area contributed by atoms with Crippen molar-refractivity contribution in [2.75, 3.05) is 21.6 Å².